The molecule has 0 amide bonds. The van der Waals surface area contributed by atoms with Gasteiger partial charge in [-0.15, -0.1) is 10.2 Å². The molecule has 10 heteroatoms. The van der Waals surface area contributed by atoms with E-state index in [1.165, 1.54) is 0 Å². The maximum atomic E-state index is 8.49. The molecular formula is C13H17Cl3N2O5. The maximum absolute atomic E-state index is 8.49. The van der Waals surface area contributed by atoms with Crippen LogP contribution in [0, 0.1) is 10.2 Å². The molecule has 130 valence electrons. The average molecular weight is 388 g/mol. The molecule has 0 atom stereocenters. The van der Waals surface area contributed by atoms with Crippen molar-refractivity contribution in [1.29, 1.82) is 0 Å². The molecule has 0 spiro atoms. The van der Waals surface area contributed by atoms with Gasteiger partial charge in [-0.1, -0.05) is 23.2 Å². The zero-order valence-corrected chi connectivity index (χ0v) is 15.2. The lowest BCUT2D eigenvalue weighted by atomic mass is 10.3. The second-order valence-electron chi connectivity index (χ2n) is 4.64. The molecule has 0 saturated carbocycles. The zero-order valence-electron chi connectivity index (χ0n) is 13.0. The van der Waals surface area contributed by atoms with Crippen LogP contribution in [0.4, 0.5) is 0 Å². The lowest BCUT2D eigenvalue weighted by Crippen LogP contribution is -2.68. The summed E-state index contributed by atoms with van der Waals surface area (Å²) in [6.07, 6.45) is 3.73. The van der Waals surface area contributed by atoms with Gasteiger partial charge in [0.15, 0.2) is 0 Å². The van der Waals surface area contributed by atoms with Gasteiger partial charge in [0.2, 0.25) is 12.0 Å². The van der Waals surface area contributed by atoms with Crippen LogP contribution in [-0.2, 0) is 0 Å². The molecule has 0 aliphatic carbocycles. The summed E-state index contributed by atoms with van der Waals surface area (Å²) in [6, 6.07) is 5.14. The summed E-state index contributed by atoms with van der Waals surface area (Å²) >= 11 is 11.9. The lowest BCUT2D eigenvalue weighted by molar-refractivity contribution is -2.00. The molecule has 1 rings (SSSR count). The molecule has 0 aliphatic rings. The average Bonchev–Trinajstić information content (AvgIpc) is 2.28. The molecule has 0 fully saturated rings. The van der Waals surface area contributed by atoms with Crippen LogP contribution >= 0.6 is 23.2 Å². The van der Waals surface area contributed by atoms with Crippen molar-refractivity contribution in [2.45, 2.75) is 0 Å². The normalized spacial score (nSPS) is 11.3. The van der Waals surface area contributed by atoms with Gasteiger partial charge < -0.3 is 9.64 Å². The second kappa shape index (κ2) is 9.94. The van der Waals surface area contributed by atoms with Crippen LogP contribution < -0.4 is 23.4 Å². The number of hydrogen-bond acceptors (Lipinski definition) is 6. The second-order valence-corrected chi connectivity index (χ2v) is 6.24. The quantitative estimate of drug-likeness (QED) is 0.348. The number of benzene rings is 1. The third-order valence-electron chi connectivity index (χ3n) is 1.89. The van der Waals surface area contributed by atoms with Crippen molar-refractivity contribution in [3.8, 4) is 5.75 Å². The Labute approximate surface area is 147 Å². The Hall–Kier alpha value is -1.06. The summed E-state index contributed by atoms with van der Waals surface area (Å²) in [5.74, 6) is 1.27. The van der Waals surface area contributed by atoms with Crippen LogP contribution in [0.1, 0.15) is 0 Å². The van der Waals surface area contributed by atoms with E-state index < -0.39 is 10.2 Å². The summed E-state index contributed by atoms with van der Waals surface area (Å²) in [5.41, 5.74) is 0. The van der Waals surface area contributed by atoms with Crippen LogP contribution in [0.2, 0.25) is 10.0 Å². The van der Waals surface area contributed by atoms with E-state index in [0.717, 1.165) is 0 Å². The molecule has 23 heavy (non-hydrogen) atoms. The minimum atomic E-state index is -4.94. The van der Waals surface area contributed by atoms with E-state index in [0.29, 0.717) is 21.6 Å². The van der Waals surface area contributed by atoms with Gasteiger partial charge in [0.05, 0.1) is 5.02 Å². The van der Waals surface area contributed by atoms with Crippen LogP contribution in [-0.4, -0.2) is 43.9 Å². The predicted octanol–water partition coefficient (Wildman–Crippen LogP) is -1.64. The first-order valence-corrected chi connectivity index (χ1v) is 8.01. The van der Waals surface area contributed by atoms with E-state index >= 15 is 0 Å². The zero-order chi connectivity index (χ0) is 18.2. The first-order valence-electron chi connectivity index (χ1n) is 6.02. The highest BCUT2D eigenvalue weighted by molar-refractivity contribution is 6.35. The van der Waals surface area contributed by atoms with E-state index in [-0.39, 0.29) is 0 Å². The van der Waals surface area contributed by atoms with Crippen molar-refractivity contribution < 1.29 is 38.2 Å². The fourth-order valence-electron chi connectivity index (χ4n) is 1.28. The first kappa shape index (κ1) is 21.9. The largest absolute Gasteiger partial charge is 0.448 e. The number of ether oxygens (including phenoxy) is 1. The molecule has 0 aromatic heterocycles. The third-order valence-corrected chi connectivity index (χ3v) is 2.42. The van der Waals surface area contributed by atoms with Crippen molar-refractivity contribution in [1.82, 2.24) is 4.90 Å². The molecule has 1 aromatic rings. The van der Waals surface area contributed by atoms with E-state index in [4.69, 9.17) is 46.6 Å². The molecule has 1 aromatic carbocycles. The van der Waals surface area contributed by atoms with Crippen LogP contribution in [0.5, 0.6) is 5.75 Å². The van der Waals surface area contributed by atoms with Crippen molar-refractivity contribution in [2.75, 3.05) is 28.2 Å². The molecule has 0 bridgehead atoms. The van der Waals surface area contributed by atoms with E-state index in [1.807, 2.05) is 50.1 Å². The molecule has 0 N–H and O–H groups in total. The fraction of sp³-hybridized carbons (Fsp3) is 0.308. The van der Waals surface area contributed by atoms with Gasteiger partial charge in [-0.3, -0.25) is 0 Å². The Morgan fingerprint density at radius 3 is 2.09 bits per heavy atom. The number of nitrogens with zero attached hydrogens (tertiary/aromatic N) is 2. The maximum Gasteiger partial charge on any atom is 0.207 e. The van der Waals surface area contributed by atoms with Crippen molar-refractivity contribution in [3.63, 3.8) is 0 Å². The van der Waals surface area contributed by atoms with Crippen LogP contribution in [0.15, 0.2) is 30.2 Å². The summed E-state index contributed by atoms with van der Waals surface area (Å²) < 4.78 is 41.6. The minimum absolute atomic E-state index is 0.485. The van der Waals surface area contributed by atoms with Gasteiger partial charge in [-0.25, -0.2) is 23.2 Å². The monoisotopic (exact) mass is 386 g/mol. The van der Waals surface area contributed by atoms with Gasteiger partial charge in [0.25, 0.3) is 0 Å². The molecule has 0 radical (unpaired) electrons. The Morgan fingerprint density at radius 2 is 1.70 bits per heavy atom. The highest BCUT2D eigenvalue weighted by Crippen LogP contribution is 2.28. The standard InChI is InChI=1S/C13H17Cl2N2O.ClHO4/c1-16(2)8-11(9-17(3)4)18-13-6-5-10(14)7-12(13)15;2-1(3,4)5/h5-9H,1-4H3;(H,2,3,4,5)/q+1;/p-1. The van der Waals surface area contributed by atoms with Crippen molar-refractivity contribution in [2.24, 2.45) is 0 Å². The van der Waals surface area contributed by atoms with Crippen molar-refractivity contribution in [3.05, 3.63) is 40.2 Å². The molecule has 0 aliphatic heterocycles. The Morgan fingerprint density at radius 1 is 1.17 bits per heavy atom. The van der Waals surface area contributed by atoms with E-state index in [1.54, 1.807) is 18.2 Å². The summed E-state index contributed by atoms with van der Waals surface area (Å²) in [4.78, 5) is 1.90. The van der Waals surface area contributed by atoms with Gasteiger partial charge >= 0.3 is 0 Å². The van der Waals surface area contributed by atoms with Crippen molar-refractivity contribution >= 4 is 29.4 Å². The summed E-state index contributed by atoms with van der Waals surface area (Å²) in [6.45, 7) is 0. The van der Waals surface area contributed by atoms with Crippen LogP contribution in [0.3, 0.4) is 0 Å². The molecular weight excluding hydrogens is 371 g/mol. The Kier molecular flexibility index (Phi) is 9.48. The first-order chi connectivity index (χ1) is 10.4. The minimum Gasteiger partial charge on any atom is -0.448 e. The number of rotatable bonds is 4. The third kappa shape index (κ3) is 13.1. The smallest absolute Gasteiger partial charge is 0.207 e. The summed E-state index contributed by atoms with van der Waals surface area (Å²) in [7, 11) is 2.76. The molecule has 7 nitrogen and oxygen atoms in total. The highest BCUT2D eigenvalue weighted by Gasteiger charge is 2.07. The molecule has 0 saturated heterocycles. The number of halogens is 3. The highest BCUT2D eigenvalue weighted by atomic mass is 35.7. The lowest BCUT2D eigenvalue weighted by Gasteiger charge is -2.17. The van der Waals surface area contributed by atoms with Gasteiger partial charge in [0.1, 0.15) is 19.8 Å². The van der Waals surface area contributed by atoms with Gasteiger partial charge in [-0.05, 0) is 18.2 Å². The Balaban J connectivity index is 0.000000841. The molecule has 0 heterocycles. The van der Waals surface area contributed by atoms with E-state index in [2.05, 4.69) is 0 Å². The topological polar surface area (TPSA) is 108 Å². The predicted molar refractivity (Wildman–Crippen MR) is 77.0 cm³/mol. The van der Waals surface area contributed by atoms with Crippen LogP contribution in [0.25, 0.3) is 0 Å². The number of allylic oxidation sites excluding steroid dienone is 1. The summed E-state index contributed by atoms with van der Waals surface area (Å²) in [5, 5.41) is 1.07. The molecule has 0 unspecified atom stereocenters. The SMILES string of the molecule is CN(C)/C=C(/C=[N+](C)C)Oc1ccc(Cl)cc1Cl.[O-][Cl+3]([O-])([O-])[O-]. The van der Waals surface area contributed by atoms with Gasteiger partial charge in [-0.2, -0.15) is 0 Å². The van der Waals surface area contributed by atoms with Gasteiger partial charge in [0, 0.05) is 25.3 Å². The number of hydrogen-bond donors (Lipinski definition) is 0. The van der Waals surface area contributed by atoms with E-state index in [9.17, 15) is 0 Å². The fourth-order valence-corrected chi connectivity index (χ4v) is 1.73. The Bertz CT molecular complexity index is 561.